The molecule has 0 unspecified atom stereocenters. The lowest BCUT2D eigenvalue weighted by molar-refractivity contribution is -0.140. The van der Waals surface area contributed by atoms with Crippen LogP contribution in [-0.4, -0.2) is 40.1 Å². The number of pyridine rings is 1. The number of carbonyl (C=O) groups excluding carboxylic acids is 1. The van der Waals surface area contributed by atoms with E-state index >= 15 is 0 Å². The highest BCUT2D eigenvalue weighted by molar-refractivity contribution is 5.79. The fourth-order valence-electron chi connectivity index (χ4n) is 4.45. The predicted octanol–water partition coefficient (Wildman–Crippen LogP) is 3.33. The number of aromatic hydroxyl groups is 3. The summed E-state index contributed by atoms with van der Waals surface area (Å²) >= 11 is 0. The zero-order valence-corrected chi connectivity index (χ0v) is 21.1. The molecule has 4 aromatic rings. The van der Waals surface area contributed by atoms with Gasteiger partial charge in [-0.3, -0.25) is 14.4 Å². The van der Waals surface area contributed by atoms with Crippen molar-refractivity contribution in [1.82, 2.24) is 4.57 Å². The van der Waals surface area contributed by atoms with Crippen molar-refractivity contribution in [3.63, 3.8) is 0 Å². The van der Waals surface area contributed by atoms with Crippen LogP contribution in [0.15, 0.2) is 62.7 Å². The molecule has 0 spiro atoms. The van der Waals surface area contributed by atoms with Gasteiger partial charge in [-0.05, 0) is 55.3 Å². The third-order valence-corrected chi connectivity index (χ3v) is 6.52. The number of hydrogen-bond donors (Lipinski definition) is 3. The fraction of sp³-hybridized carbons (Fsp3) is 0.250. The number of ether oxygens (including phenoxy) is 2. The van der Waals surface area contributed by atoms with E-state index in [-0.39, 0.29) is 40.3 Å². The van der Waals surface area contributed by atoms with Gasteiger partial charge >= 0.3 is 5.97 Å². The summed E-state index contributed by atoms with van der Waals surface area (Å²) in [5, 5.41) is 30.4. The molecule has 0 aliphatic carbocycles. The van der Waals surface area contributed by atoms with Crippen molar-refractivity contribution >= 4 is 16.9 Å². The van der Waals surface area contributed by atoms with Gasteiger partial charge in [0.05, 0.1) is 37.9 Å². The van der Waals surface area contributed by atoms with Gasteiger partial charge in [-0.15, -0.1) is 0 Å². The lowest BCUT2D eigenvalue weighted by Crippen LogP contribution is -2.30. The van der Waals surface area contributed by atoms with Crippen LogP contribution in [-0.2, 0) is 22.5 Å². The molecule has 0 amide bonds. The summed E-state index contributed by atoms with van der Waals surface area (Å²) < 4.78 is 17.1. The normalized spacial score (nSPS) is 11.9. The molecule has 3 N–H and O–H groups in total. The number of carbonyl (C=O) groups is 1. The first-order chi connectivity index (χ1) is 18.1. The monoisotopic (exact) mass is 521 g/mol. The Balaban J connectivity index is 1.84. The molecule has 0 aliphatic rings. The number of methoxy groups -OCH3 is 2. The molecule has 10 nitrogen and oxygen atoms in total. The summed E-state index contributed by atoms with van der Waals surface area (Å²) in [5.74, 6) is -2.34. The summed E-state index contributed by atoms with van der Waals surface area (Å²) in [7, 11) is 2.65. The fourth-order valence-corrected chi connectivity index (χ4v) is 4.45. The van der Waals surface area contributed by atoms with Gasteiger partial charge in [-0.25, -0.2) is 0 Å². The molecule has 0 saturated carbocycles. The van der Waals surface area contributed by atoms with Crippen molar-refractivity contribution in [2.75, 3.05) is 14.2 Å². The Morgan fingerprint density at radius 2 is 1.76 bits per heavy atom. The first kappa shape index (κ1) is 26.3. The second-order valence-electron chi connectivity index (χ2n) is 8.83. The van der Waals surface area contributed by atoms with Gasteiger partial charge in [0.2, 0.25) is 0 Å². The average Bonchev–Trinajstić information content (AvgIpc) is 2.89. The SMILES string of the molecule is COC(=O)C[C@H](c1coc2ccc(OC)cc2c1=O)c1c(O)cc(C)n(CCc2ccc(O)c(O)c2)c1=O. The highest BCUT2D eigenvalue weighted by Crippen LogP contribution is 2.33. The summed E-state index contributed by atoms with van der Waals surface area (Å²) in [6, 6.07) is 10.5. The Kier molecular flexibility index (Phi) is 7.43. The van der Waals surface area contributed by atoms with Gasteiger partial charge < -0.3 is 33.8 Å². The largest absolute Gasteiger partial charge is 0.507 e. The summed E-state index contributed by atoms with van der Waals surface area (Å²) in [5.41, 5.74) is 0.183. The second-order valence-corrected chi connectivity index (χ2v) is 8.83. The van der Waals surface area contributed by atoms with Crippen molar-refractivity contribution in [3.8, 4) is 23.0 Å². The highest BCUT2D eigenvalue weighted by atomic mass is 16.5. The number of nitrogens with zero attached hydrogens (tertiary/aromatic N) is 1. The maximum Gasteiger partial charge on any atom is 0.306 e. The molecule has 2 heterocycles. The number of phenolic OH excluding ortho intramolecular Hbond substituents is 2. The number of phenols is 2. The maximum absolute atomic E-state index is 13.7. The lowest BCUT2D eigenvalue weighted by atomic mass is 9.88. The van der Waals surface area contributed by atoms with Crippen LogP contribution in [0.1, 0.15) is 34.7 Å². The Bertz CT molecular complexity index is 1630. The Hall–Kier alpha value is -4.73. The summed E-state index contributed by atoms with van der Waals surface area (Å²) in [4.78, 5) is 39.6. The zero-order valence-electron chi connectivity index (χ0n) is 21.1. The van der Waals surface area contributed by atoms with Crippen LogP contribution in [0.5, 0.6) is 23.0 Å². The number of fused-ring (bicyclic) bond motifs is 1. The molecule has 2 aromatic heterocycles. The van der Waals surface area contributed by atoms with E-state index in [9.17, 15) is 29.7 Å². The molecule has 0 bridgehead atoms. The van der Waals surface area contributed by atoms with Crippen LogP contribution in [0.4, 0.5) is 0 Å². The third kappa shape index (κ3) is 5.06. The number of rotatable bonds is 8. The van der Waals surface area contributed by atoms with Crippen LogP contribution in [0.2, 0.25) is 0 Å². The highest BCUT2D eigenvalue weighted by Gasteiger charge is 2.29. The van der Waals surface area contributed by atoms with Gasteiger partial charge in [0.1, 0.15) is 17.1 Å². The summed E-state index contributed by atoms with van der Waals surface area (Å²) in [6.45, 7) is 1.81. The van der Waals surface area contributed by atoms with Crippen molar-refractivity contribution in [2.45, 2.75) is 32.2 Å². The van der Waals surface area contributed by atoms with Crippen LogP contribution in [0.25, 0.3) is 11.0 Å². The topological polar surface area (TPSA) is 148 Å². The minimum atomic E-state index is -1.16. The van der Waals surface area contributed by atoms with Crippen molar-refractivity contribution < 1.29 is 34.0 Å². The molecule has 198 valence electrons. The average molecular weight is 522 g/mol. The first-order valence-electron chi connectivity index (χ1n) is 11.7. The molecule has 0 saturated heterocycles. The smallest absolute Gasteiger partial charge is 0.306 e. The molecule has 1 atom stereocenters. The van der Waals surface area contributed by atoms with Crippen LogP contribution in [0.3, 0.4) is 0 Å². The standard InChI is InChI=1S/C28H27NO9/c1-15-10-23(32)26(28(35)29(15)9-8-16-4-6-21(30)22(31)11-16)18(13-25(33)37-3)20-14-38-24-7-5-17(36-2)12-19(24)27(20)34/h4-7,10-12,14,18,30-32H,8-9,13H2,1-3H3/t18-/m1/s1. The molecule has 38 heavy (non-hydrogen) atoms. The first-order valence-corrected chi connectivity index (χ1v) is 11.7. The Morgan fingerprint density at radius 1 is 1.00 bits per heavy atom. The van der Waals surface area contributed by atoms with E-state index in [1.165, 1.54) is 49.3 Å². The quantitative estimate of drug-likeness (QED) is 0.234. The molecule has 4 rings (SSSR count). The Morgan fingerprint density at radius 3 is 2.45 bits per heavy atom. The van der Waals surface area contributed by atoms with E-state index in [1.54, 1.807) is 25.1 Å². The minimum absolute atomic E-state index is 0.00223. The van der Waals surface area contributed by atoms with Crippen molar-refractivity contribution in [2.24, 2.45) is 0 Å². The molecule has 0 radical (unpaired) electrons. The van der Waals surface area contributed by atoms with E-state index in [4.69, 9.17) is 13.9 Å². The molecule has 0 fully saturated rings. The van der Waals surface area contributed by atoms with Crippen molar-refractivity contribution in [1.29, 1.82) is 0 Å². The zero-order chi connectivity index (χ0) is 27.6. The number of aryl methyl sites for hydroxylation is 2. The molecule has 10 heteroatoms. The number of esters is 1. The van der Waals surface area contributed by atoms with Gasteiger partial charge in [0.15, 0.2) is 16.9 Å². The summed E-state index contributed by atoms with van der Waals surface area (Å²) in [6.07, 6.45) is 1.11. The number of hydrogen-bond acceptors (Lipinski definition) is 9. The molecule has 2 aromatic carbocycles. The van der Waals surface area contributed by atoms with E-state index in [1.807, 2.05) is 0 Å². The van der Waals surface area contributed by atoms with Gasteiger partial charge in [0.25, 0.3) is 5.56 Å². The predicted molar refractivity (Wildman–Crippen MR) is 138 cm³/mol. The molecule has 0 aliphatic heterocycles. The van der Waals surface area contributed by atoms with E-state index in [0.717, 1.165) is 0 Å². The number of benzene rings is 2. The lowest BCUT2D eigenvalue weighted by Gasteiger charge is -2.20. The molecular weight excluding hydrogens is 494 g/mol. The van der Waals surface area contributed by atoms with Gasteiger partial charge in [0, 0.05) is 23.7 Å². The van der Waals surface area contributed by atoms with Crippen LogP contribution < -0.4 is 15.7 Å². The van der Waals surface area contributed by atoms with Gasteiger partial charge in [-0.1, -0.05) is 6.07 Å². The van der Waals surface area contributed by atoms with Crippen molar-refractivity contribution in [3.05, 3.63) is 91.7 Å². The minimum Gasteiger partial charge on any atom is -0.507 e. The maximum atomic E-state index is 13.7. The van der Waals surface area contributed by atoms with E-state index in [2.05, 4.69) is 0 Å². The number of aromatic nitrogens is 1. The molecular formula is C28H27NO9. The Labute approximate surface area is 216 Å². The van der Waals surface area contributed by atoms with Crippen LogP contribution in [0, 0.1) is 6.92 Å². The van der Waals surface area contributed by atoms with Gasteiger partial charge in [-0.2, -0.15) is 0 Å². The second kappa shape index (κ2) is 10.7. The third-order valence-electron chi connectivity index (χ3n) is 6.52. The van der Waals surface area contributed by atoms with E-state index in [0.29, 0.717) is 29.0 Å². The van der Waals surface area contributed by atoms with Crippen LogP contribution >= 0.6 is 0 Å². The van der Waals surface area contributed by atoms with E-state index < -0.39 is 29.3 Å².